The number of benzene rings is 6. The number of aromatic hydroxyl groups is 2. The van der Waals surface area contributed by atoms with E-state index in [9.17, 15) is 36.2 Å². The van der Waals surface area contributed by atoms with Crippen molar-refractivity contribution in [2.45, 2.75) is 9.79 Å². The minimum Gasteiger partial charge on any atom is -0.505 e. The minimum absolute atomic E-state index is 0.0837. The van der Waals surface area contributed by atoms with E-state index < -0.39 is 52.9 Å². The van der Waals surface area contributed by atoms with Crippen LogP contribution in [0, 0.1) is 11.1 Å². The molecule has 254 valence electrons. The summed E-state index contributed by atoms with van der Waals surface area (Å²) in [5.41, 5.74) is 13.6. The number of hydrogen-bond acceptors (Lipinski definition) is 10. The normalized spacial score (nSPS) is 12.0. The fourth-order valence-electron chi connectivity index (χ4n) is 5.93. The zero-order valence-corrected chi connectivity index (χ0v) is 29.2. The number of phenolic OH excluding ortho intramolecular Hbond substituents is 2. The van der Waals surface area contributed by atoms with Crippen molar-refractivity contribution in [3.05, 3.63) is 92.9 Å². The number of nitrogens with one attached hydrogen (secondary N) is 2. The van der Waals surface area contributed by atoms with Gasteiger partial charge in [0.25, 0.3) is 20.2 Å². The molecular weight excluding hydrogens is 774 g/mol. The van der Waals surface area contributed by atoms with E-state index in [0.29, 0.717) is 0 Å². The van der Waals surface area contributed by atoms with E-state index in [0.717, 1.165) is 0 Å². The number of rotatable bonds is 7. The van der Waals surface area contributed by atoms with Crippen LogP contribution in [0.15, 0.2) is 92.8 Å². The summed E-state index contributed by atoms with van der Waals surface area (Å²) < 4.78 is 71.1. The monoisotopic (exact) mass is 790 g/mol. The third kappa shape index (κ3) is 5.73. The molecule has 6 N–H and O–H groups in total. The lowest BCUT2D eigenvalue weighted by atomic mass is 9.93. The molecule has 0 radical (unpaired) electrons. The van der Waals surface area contributed by atoms with Gasteiger partial charge in [0, 0.05) is 33.0 Å². The lowest BCUT2D eigenvalue weighted by Gasteiger charge is -2.19. The Hall–Kier alpha value is -4.38. The van der Waals surface area contributed by atoms with Gasteiger partial charge in [0.1, 0.15) is 21.2 Å². The van der Waals surface area contributed by atoms with Crippen LogP contribution in [0.4, 0.5) is 11.4 Å². The van der Waals surface area contributed by atoms with Gasteiger partial charge in [0.15, 0.2) is 11.5 Å². The Morgan fingerprint density at radius 3 is 1.04 bits per heavy atom. The minimum atomic E-state index is -5.13. The summed E-state index contributed by atoms with van der Waals surface area (Å²) in [5.74, 6) is -1.33. The summed E-state index contributed by atoms with van der Waals surface area (Å²) in [6.45, 7) is 0. The number of phenols is 2. The van der Waals surface area contributed by atoms with Crippen molar-refractivity contribution in [2.75, 3.05) is 0 Å². The van der Waals surface area contributed by atoms with Crippen LogP contribution in [0.5, 0.6) is 11.5 Å². The van der Waals surface area contributed by atoms with Crippen LogP contribution in [0.1, 0.15) is 0 Å². The molecule has 0 bridgehead atoms. The first-order valence-corrected chi connectivity index (χ1v) is 18.1. The van der Waals surface area contributed by atoms with Gasteiger partial charge in [-0.15, -0.1) is 0 Å². The quantitative estimate of drug-likeness (QED) is 0.0672. The summed E-state index contributed by atoms with van der Waals surface area (Å²) >= 11 is 27.0. The highest BCUT2D eigenvalue weighted by Crippen LogP contribution is 2.53. The summed E-state index contributed by atoms with van der Waals surface area (Å²) in [6, 6.07) is 17.5. The zero-order chi connectivity index (χ0) is 36.4. The molecule has 50 heavy (non-hydrogen) atoms. The maximum absolute atomic E-state index is 12.7. The van der Waals surface area contributed by atoms with Crippen molar-refractivity contribution < 1.29 is 36.2 Å². The molecule has 0 aliphatic heterocycles. The first-order chi connectivity index (χ1) is 23.5. The molecule has 0 unspecified atom stereocenters. The summed E-state index contributed by atoms with van der Waals surface area (Å²) in [6.07, 6.45) is 0. The molecule has 0 amide bonds. The van der Waals surface area contributed by atoms with Crippen LogP contribution in [0.3, 0.4) is 0 Å². The predicted octanol–water partition coefficient (Wildman–Crippen LogP) is 10.8. The molecule has 0 atom stereocenters. The standard InChI is InChI=1S/C32H18Cl4N4O8S2/c33-19-9-13(10-20(34)25(19)23-15-5-1-3-7-17(15)29(41)27(39-37)31(23)49(43,44)45)14-11-21(35)26(22(36)12-14)24-16-6-2-4-8-18(16)30(42)28(40-38)32(24)50(46,47)48/h1-12,37-38,41-42H,(H,43,44,45)(H,46,47,48). The van der Waals surface area contributed by atoms with E-state index in [4.69, 9.17) is 57.5 Å². The molecule has 6 rings (SSSR count). The number of halogens is 4. The molecule has 6 aromatic rings. The first kappa shape index (κ1) is 35.4. The van der Waals surface area contributed by atoms with Gasteiger partial charge in [-0.25, -0.2) is 11.1 Å². The van der Waals surface area contributed by atoms with Crippen LogP contribution in [0.2, 0.25) is 20.1 Å². The smallest absolute Gasteiger partial charge is 0.297 e. The predicted molar refractivity (Wildman–Crippen MR) is 190 cm³/mol. The Morgan fingerprint density at radius 2 is 0.780 bits per heavy atom. The van der Waals surface area contributed by atoms with Gasteiger partial charge >= 0.3 is 0 Å². The highest BCUT2D eigenvalue weighted by Gasteiger charge is 2.32. The molecule has 0 saturated heterocycles. The molecule has 0 fully saturated rings. The van der Waals surface area contributed by atoms with E-state index in [1.165, 1.54) is 48.5 Å². The summed E-state index contributed by atoms with van der Waals surface area (Å²) in [7, 11) is -10.3. The van der Waals surface area contributed by atoms with Gasteiger partial charge in [0.2, 0.25) is 0 Å². The molecule has 6 aromatic carbocycles. The second kappa shape index (κ2) is 12.7. The second-order valence-corrected chi connectivity index (χ2v) is 15.0. The van der Waals surface area contributed by atoms with Crippen LogP contribution < -0.4 is 0 Å². The van der Waals surface area contributed by atoms with E-state index in [2.05, 4.69) is 10.2 Å². The molecular formula is C32H18Cl4N4O8S2. The van der Waals surface area contributed by atoms with Gasteiger partial charge in [0.05, 0.1) is 20.1 Å². The van der Waals surface area contributed by atoms with Crippen molar-refractivity contribution in [1.82, 2.24) is 0 Å². The highest BCUT2D eigenvalue weighted by atomic mass is 35.5. The van der Waals surface area contributed by atoms with Gasteiger partial charge in [-0.3, -0.25) is 9.11 Å². The SMILES string of the molecule is N=Nc1c(S(=O)(=O)O)c(-c2c(Cl)cc(-c3cc(Cl)c(-c4c(S(=O)(=O)O)c(N=N)c(O)c5ccccc45)c(Cl)c3)cc2Cl)c2ccccc2c1O. The van der Waals surface area contributed by atoms with E-state index in [-0.39, 0.29) is 75.0 Å². The fraction of sp³-hybridized carbons (Fsp3) is 0. The van der Waals surface area contributed by atoms with E-state index >= 15 is 0 Å². The molecule has 0 heterocycles. The van der Waals surface area contributed by atoms with Gasteiger partial charge in [-0.1, -0.05) is 94.9 Å². The Kier molecular flexibility index (Phi) is 9.03. The van der Waals surface area contributed by atoms with E-state index in [1.807, 2.05) is 0 Å². The van der Waals surface area contributed by atoms with Crippen molar-refractivity contribution in [2.24, 2.45) is 10.2 Å². The number of nitrogens with zero attached hydrogens (tertiary/aromatic N) is 2. The van der Waals surface area contributed by atoms with Crippen molar-refractivity contribution in [3.8, 4) is 44.9 Å². The van der Waals surface area contributed by atoms with E-state index in [1.54, 1.807) is 24.3 Å². The van der Waals surface area contributed by atoms with Crippen molar-refractivity contribution in [1.29, 1.82) is 11.1 Å². The van der Waals surface area contributed by atoms with Crippen LogP contribution >= 0.6 is 46.4 Å². The number of fused-ring (bicyclic) bond motifs is 2. The number of hydrogen-bond donors (Lipinski definition) is 6. The van der Waals surface area contributed by atoms with Crippen molar-refractivity contribution >= 4 is 99.6 Å². The maximum Gasteiger partial charge on any atom is 0.297 e. The third-order valence-electron chi connectivity index (χ3n) is 7.89. The Bertz CT molecular complexity index is 2490. The topological polar surface area (TPSA) is 222 Å². The van der Waals surface area contributed by atoms with Crippen LogP contribution in [0.25, 0.3) is 54.9 Å². The zero-order valence-electron chi connectivity index (χ0n) is 24.6. The summed E-state index contributed by atoms with van der Waals surface area (Å²) in [5, 5.41) is 27.7. The Morgan fingerprint density at radius 1 is 0.500 bits per heavy atom. The Balaban J connectivity index is 1.62. The molecule has 0 spiro atoms. The molecule has 0 aromatic heterocycles. The molecule has 18 heteroatoms. The summed E-state index contributed by atoms with van der Waals surface area (Å²) in [4.78, 5) is -1.80. The lowest BCUT2D eigenvalue weighted by Crippen LogP contribution is -2.04. The Labute approximate surface area is 302 Å². The maximum atomic E-state index is 12.7. The van der Waals surface area contributed by atoms with Gasteiger partial charge in [-0.05, 0) is 46.2 Å². The first-order valence-electron chi connectivity index (χ1n) is 13.8. The molecule has 12 nitrogen and oxygen atoms in total. The van der Waals surface area contributed by atoms with Gasteiger partial charge < -0.3 is 10.2 Å². The van der Waals surface area contributed by atoms with Crippen LogP contribution in [-0.4, -0.2) is 36.2 Å². The average Bonchev–Trinajstić information content (AvgIpc) is 3.04. The molecule has 0 aliphatic carbocycles. The molecule has 0 saturated carbocycles. The second-order valence-electron chi connectivity index (χ2n) is 10.7. The van der Waals surface area contributed by atoms with Crippen molar-refractivity contribution in [3.63, 3.8) is 0 Å². The average molecular weight is 792 g/mol. The lowest BCUT2D eigenvalue weighted by molar-refractivity contribution is 0.472. The largest absolute Gasteiger partial charge is 0.505 e. The fourth-order valence-corrected chi connectivity index (χ4v) is 9.00. The molecule has 0 aliphatic rings. The van der Waals surface area contributed by atoms with Crippen LogP contribution in [-0.2, 0) is 20.2 Å². The van der Waals surface area contributed by atoms with Gasteiger partial charge in [-0.2, -0.15) is 27.1 Å². The highest BCUT2D eigenvalue weighted by molar-refractivity contribution is 7.86. The third-order valence-corrected chi connectivity index (χ3v) is 10.9.